The average Bonchev–Trinajstić information content (AvgIpc) is 2.64. The van der Waals surface area contributed by atoms with Gasteiger partial charge in [-0.2, -0.15) is 0 Å². The molecular formula is C20H20N2O2. The lowest BCUT2D eigenvalue weighted by Gasteiger charge is -2.10. The predicted molar refractivity (Wildman–Crippen MR) is 94.7 cm³/mol. The van der Waals surface area contributed by atoms with Gasteiger partial charge in [0.2, 0.25) is 0 Å². The van der Waals surface area contributed by atoms with Crippen molar-refractivity contribution in [2.45, 2.75) is 12.5 Å². The molecule has 122 valence electrons. The molecule has 0 aliphatic rings. The molecule has 0 aliphatic carbocycles. The van der Waals surface area contributed by atoms with Crippen LogP contribution < -0.4 is 5.73 Å². The van der Waals surface area contributed by atoms with E-state index in [0.717, 1.165) is 17.7 Å². The standard InChI is InChI=1S/C13H14N2.C7H6O2/c14-13(11-6-2-1-3-7-11)10-12-8-4-5-9-15-12;8-7(9)6-4-2-1-3-5-6/h1-9,13H,10,14H2;1-5H,(H,8,9)/t13-;/m0./s1. The molecule has 0 amide bonds. The largest absolute Gasteiger partial charge is 0.478 e. The maximum absolute atomic E-state index is 10.2. The fourth-order valence-electron chi connectivity index (χ4n) is 2.14. The summed E-state index contributed by atoms with van der Waals surface area (Å²) >= 11 is 0. The molecule has 2 aromatic carbocycles. The molecule has 1 aromatic heterocycles. The zero-order valence-corrected chi connectivity index (χ0v) is 13.2. The number of nitrogens with two attached hydrogens (primary N) is 1. The molecule has 0 unspecified atom stereocenters. The van der Waals surface area contributed by atoms with Crippen LogP contribution in [0.15, 0.2) is 85.1 Å². The van der Waals surface area contributed by atoms with Crippen LogP contribution >= 0.6 is 0 Å². The summed E-state index contributed by atoms with van der Waals surface area (Å²) in [6, 6.07) is 24.3. The van der Waals surface area contributed by atoms with Crippen LogP contribution in [0.4, 0.5) is 0 Å². The first-order valence-corrected chi connectivity index (χ1v) is 7.65. The maximum atomic E-state index is 10.2. The van der Waals surface area contributed by atoms with Gasteiger partial charge in [0, 0.05) is 24.4 Å². The molecule has 3 rings (SSSR count). The number of carboxylic acid groups (broad SMARTS) is 1. The van der Waals surface area contributed by atoms with E-state index in [-0.39, 0.29) is 6.04 Å². The first-order valence-electron chi connectivity index (χ1n) is 7.65. The van der Waals surface area contributed by atoms with Crippen LogP contribution in [0.2, 0.25) is 0 Å². The maximum Gasteiger partial charge on any atom is 0.335 e. The van der Waals surface area contributed by atoms with E-state index in [1.807, 2.05) is 48.5 Å². The molecule has 3 aromatic rings. The fourth-order valence-corrected chi connectivity index (χ4v) is 2.14. The topological polar surface area (TPSA) is 76.2 Å². The minimum Gasteiger partial charge on any atom is -0.478 e. The van der Waals surface area contributed by atoms with Gasteiger partial charge < -0.3 is 10.8 Å². The van der Waals surface area contributed by atoms with Gasteiger partial charge in [-0.1, -0.05) is 54.6 Å². The van der Waals surface area contributed by atoms with Gasteiger partial charge in [0.05, 0.1) is 5.56 Å². The van der Waals surface area contributed by atoms with E-state index in [2.05, 4.69) is 4.98 Å². The second kappa shape index (κ2) is 9.22. The van der Waals surface area contributed by atoms with E-state index in [1.165, 1.54) is 0 Å². The lowest BCUT2D eigenvalue weighted by molar-refractivity contribution is 0.0697. The number of aromatic nitrogens is 1. The van der Waals surface area contributed by atoms with Crippen molar-refractivity contribution in [3.05, 3.63) is 102 Å². The Kier molecular flexibility index (Phi) is 6.68. The third kappa shape index (κ3) is 5.66. The minimum atomic E-state index is -0.879. The Balaban J connectivity index is 0.000000198. The highest BCUT2D eigenvalue weighted by Gasteiger charge is 2.06. The smallest absolute Gasteiger partial charge is 0.335 e. The van der Waals surface area contributed by atoms with Gasteiger partial charge in [-0.15, -0.1) is 0 Å². The average molecular weight is 320 g/mol. The second-order valence-corrected chi connectivity index (χ2v) is 5.21. The summed E-state index contributed by atoms with van der Waals surface area (Å²) in [6.07, 6.45) is 2.58. The lowest BCUT2D eigenvalue weighted by atomic mass is 10.0. The SMILES string of the molecule is N[C@@H](Cc1ccccn1)c1ccccc1.O=C(O)c1ccccc1. The summed E-state index contributed by atoms with van der Waals surface area (Å²) in [6.45, 7) is 0. The van der Waals surface area contributed by atoms with Crippen LogP contribution in [-0.2, 0) is 6.42 Å². The molecule has 0 aliphatic heterocycles. The molecule has 1 atom stereocenters. The normalized spacial score (nSPS) is 11.0. The molecule has 0 saturated heterocycles. The van der Waals surface area contributed by atoms with Crippen molar-refractivity contribution in [2.24, 2.45) is 5.73 Å². The van der Waals surface area contributed by atoms with Gasteiger partial charge in [0.1, 0.15) is 0 Å². The van der Waals surface area contributed by atoms with Crippen LogP contribution in [-0.4, -0.2) is 16.1 Å². The summed E-state index contributed by atoms with van der Waals surface area (Å²) in [5.74, 6) is -0.879. The van der Waals surface area contributed by atoms with Gasteiger partial charge in [-0.05, 0) is 29.8 Å². The molecule has 4 nitrogen and oxygen atoms in total. The number of carboxylic acids is 1. The second-order valence-electron chi connectivity index (χ2n) is 5.21. The summed E-state index contributed by atoms with van der Waals surface area (Å²) < 4.78 is 0. The van der Waals surface area contributed by atoms with Crippen LogP contribution in [0.5, 0.6) is 0 Å². The van der Waals surface area contributed by atoms with Crippen LogP contribution in [0.25, 0.3) is 0 Å². The van der Waals surface area contributed by atoms with E-state index in [0.29, 0.717) is 5.56 Å². The summed E-state index contributed by atoms with van der Waals surface area (Å²) in [5, 5.41) is 8.38. The van der Waals surface area contributed by atoms with Crippen LogP contribution in [0.3, 0.4) is 0 Å². The third-order valence-corrected chi connectivity index (χ3v) is 3.40. The van der Waals surface area contributed by atoms with Crippen molar-refractivity contribution in [1.29, 1.82) is 0 Å². The van der Waals surface area contributed by atoms with E-state index in [4.69, 9.17) is 10.8 Å². The highest BCUT2D eigenvalue weighted by molar-refractivity contribution is 5.87. The molecule has 0 fully saturated rings. The Bertz CT molecular complexity index is 731. The van der Waals surface area contributed by atoms with Crippen molar-refractivity contribution >= 4 is 5.97 Å². The molecule has 1 heterocycles. The number of carbonyl (C=O) groups is 1. The van der Waals surface area contributed by atoms with Crippen molar-refractivity contribution in [3.63, 3.8) is 0 Å². The fraction of sp³-hybridized carbons (Fsp3) is 0.100. The van der Waals surface area contributed by atoms with Crippen molar-refractivity contribution in [2.75, 3.05) is 0 Å². The Morgan fingerprint density at radius 2 is 1.50 bits per heavy atom. The molecule has 0 saturated carbocycles. The number of hydrogen-bond acceptors (Lipinski definition) is 3. The van der Waals surface area contributed by atoms with E-state index in [1.54, 1.807) is 36.5 Å². The zero-order chi connectivity index (χ0) is 17.2. The number of hydrogen-bond donors (Lipinski definition) is 2. The van der Waals surface area contributed by atoms with Gasteiger partial charge in [0.25, 0.3) is 0 Å². The minimum absolute atomic E-state index is 0.0288. The summed E-state index contributed by atoms with van der Waals surface area (Å²) in [5.41, 5.74) is 8.61. The molecule has 24 heavy (non-hydrogen) atoms. The predicted octanol–water partition coefficient (Wildman–Crippen LogP) is 3.71. The van der Waals surface area contributed by atoms with Crippen LogP contribution in [0.1, 0.15) is 27.7 Å². The molecule has 4 heteroatoms. The number of pyridine rings is 1. The Morgan fingerprint density at radius 1 is 0.917 bits per heavy atom. The van der Waals surface area contributed by atoms with E-state index >= 15 is 0 Å². The number of rotatable bonds is 4. The third-order valence-electron chi connectivity index (χ3n) is 3.40. The molecule has 3 N–H and O–H groups in total. The molecular weight excluding hydrogens is 300 g/mol. The van der Waals surface area contributed by atoms with Crippen molar-refractivity contribution in [3.8, 4) is 0 Å². The Morgan fingerprint density at radius 3 is 2.00 bits per heavy atom. The Labute approximate surface area is 141 Å². The highest BCUT2D eigenvalue weighted by Crippen LogP contribution is 2.13. The lowest BCUT2D eigenvalue weighted by Crippen LogP contribution is -2.13. The van der Waals surface area contributed by atoms with Gasteiger partial charge in [-0.3, -0.25) is 4.98 Å². The number of nitrogens with zero attached hydrogens (tertiary/aromatic N) is 1. The molecule has 0 bridgehead atoms. The number of aromatic carboxylic acids is 1. The van der Waals surface area contributed by atoms with Crippen molar-refractivity contribution < 1.29 is 9.90 Å². The molecule has 0 spiro atoms. The first-order chi connectivity index (χ1) is 11.7. The zero-order valence-electron chi connectivity index (χ0n) is 13.2. The van der Waals surface area contributed by atoms with Gasteiger partial charge in [0.15, 0.2) is 0 Å². The van der Waals surface area contributed by atoms with E-state index < -0.39 is 5.97 Å². The monoisotopic (exact) mass is 320 g/mol. The van der Waals surface area contributed by atoms with Crippen molar-refractivity contribution in [1.82, 2.24) is 4.98 Å². The molecule has 0 radical (unpaired) electrons. The quantitative estimate of drug-likeness (QED) is 0.768. The summed E-state index contributed by atoms with van der Waals surface area (Å²) in [7, 11) is 0. The van der Waals surface area contributed by atoms with Crippen LogP contribution in [0, 0.1) is 0 Å². The highest BCUT2D eigenvalue weighted by atomic mass is 16.4. The van der Waals surface area contributed by atoms with Gasteiger partial charge >= 0.3 is 5.97 Å². The summed E-state index contributed by atoms with van der Waals surface area (Å²) in [4.78, 5) is 14.5. The van der Waals surface area contributed by atoms with E-state index in [9.17, 15) is 4.79 Å². The first kappa shape index (κ1) is 17.4. The number of benzene rings is 2. The van der Waals surface area contributed by atoms with Gasteiger partial charge in [-0.25, -0.2) is 4.79 Å². The Hall–Kier alpha value is -2.98.